The van der Waals surface area contributed by atoms with Gasteiger partial charge in [-0.3, -0.25) is 4.79 Å². The lowest BCUT2D eigenvalue weighted by atomic mass is 9.97. The Kier molecular flexibility index (Phi) is 4.47. The predicted molar refractivity (Wildman–Crippen MR) is 61.1 cm³/mol. The number of carbonyl (C=O) groups is 2. The molecule has 6 heteroatoms. The van der Waals surface area contributed by atoms with Gasteiger partial charge in [0.15, 0.2) is 0 Å². The van der Waals surface area contributed by atoms with Crippen LogP contribution in [0.3, 0.4) is 0 Å². The van der Waals surface area contributed by atoms with Gasteiger partial charge in [0, 0.05) is 6.61 Å². The van der Waals surface area contributed by atoms with Crippen molar-refractivity contribution in [2.75, 3.05) is 20.3 Å². The predicted octanol–water partition coefficient (Wildman–Crippen LogP) is -0.582. The summed E-state index contributed by atoms with van der Waals surface area (Å²) in [5.74, 6) is -0.882. The van der Waals surface area contributed by atoms with Crippen molar-refractivity contribution < 1.29 is 19.1 Å². The highest BCUT2D eigenvalue weighted by Gasteiger charge is 2.40. The smallest absolute Gasteiger partial charge is 0.328 e. The maximum Gasteiger partial charge on any atom is 0.328 e. The number of methoxy groups -OCH3 is 1. The lowest BCUT2D eigenvalue weighted by Gasteiger charge is -2.26. The van der Waals surface area contributed by atoms with Gasteiger partial charge in [0.1, 0.15) is 11.6 Å². The van der Waals surface area contributed by atoms with Crippen LogP contribution in [-0.2, 0) is 19.1 Å². The van der Waals surface area contributed by atoms with Crippen molar-refractivity contribution in [1.29, 1.82) is 0 Å². The van der Waals surface area contributed by atoms with Crippen LogP contribution in [0.1, 0.15) is 20.3 Å². The molecule has 1 aliphatic rings. The zero-order valence-electron chi connectivity index (χ0n) is 10.5. The molecule has 1 amide bonds. The minimum absolute atomic E-state index is 0.0580. The van der Waals surface area contributed by atoms with Crippen LogP contribution in [0.25, 0.3) is 0 Å². The van der Waals surface area contributed by atoms with E-state index in [9.17, 15) is 9.59 Å². The molecular formula is C11H20N2O4. The van der Waals surface area contributed by atoms with Gasteiger partial charge >= 0.3 is 5.97 Å². The van der Waals surface area contributed by atoms with Crippen LogP contribution in [0, 0.1) is 5.92 Å². The van der Waals surface area contributed by atoms with E-state index in [0.717, 1.165) is 0 Å². The van der Waals surface area contributed by atoms with Crippen molar-refractivity contribution in [2.24, 2.45) is 11.7 Å². The zero-order valence-corrected chi connectivity index (χ0v) is 10.5. The van der Waals surface area contributed by atoms with Gasteiger partial charge in [-0.15, -0.1) is 0 Å². The van der Waals surface area contributed by atoms with Gasteiger partial charge in [0.05, 0.1) is 13.7 Å². The van der Waals surface area contributed by atoms with Gasteiger partial charge in [0.2, 0.25) is 5.91 Å². The Bertz CT molecular complexity index is 298. The number of carbonyl (C=O) groups excluding carboxylic acids is 2. The van der Waals surface area contributed by atoms with E-state index in [1.165, 1.54) is 7.11 Å². The molecule has 0 spiro atoms. The highest BCUT2D eigenvalue weighted by atomic mass is 16.5. The van der Waals surface area contributed by atoms with Crippen molar-refractivity contribution in [3.63, 3.8) is 0 Å². The lowest BCUT2D eigenvalue weighted by molar-refractivity contribution is -0.147. The summed E-state index contributed by atoms with van der Waals surface area (Å²) in [7, 11) is 1.29. The largest absolute Gasteiger partial charge is 0.467 e. The Hall–Kier alpha value is -1.14. The highest BCUT2D eigenvalue weighted by molar-refractivity contribution is 5.90. The molecule has 2 unspecified atom stereocenters. The van der Waals surface area contributed by atoms with E-state index in [1.807, 2.05) is 13.8 Å². The summed E-state index contributed by atoms with van der Waals surface area (Å²) in [5.41, 5.74) is 4.88. The van der Waals surface area contributed by atoms with Crippen molar-refractivity contribution in [1.82, 2.24) is 5.32 Å². The number of amides is 1. The van der Waals surface area contributed by atoms with E-state index in [2.05, 4.69) is 10.1 Å². The maximum atomic E-state index is 12.0. The second-order valence-electron chi connectivity index (χ2n) is 4.68. The summed E-state index contributed by atoms with van der Waals surface area (Å²) < 4.78 is 9.75. The molecule has 1 saturated heterocycles. The fourth-order valence-corrected chi connectivity index (χ4v) is 1.67. The number of ether oxygens (including phenoxy) is 2. The van der Waals surface area contributed by atoms with Crippen molar-refractivity contribution in [3.05, 3.63) is 0 Å². The van der Waals surface area contributed by atoms with Crippen LogP contribution in [0.2, 0.25) is 0 Å². The topological polar surface area (TPSA) is 90.7 Å². The third kappa shape index (κ3) is 3.17. The second kappa shape index (κ2) is 5.46. The van der Waals surface area contributed by atoms with Gasteiger partial charge in [0.25, 0.3) is 0 Å². The van der Waals surface area contributed by atoms with Crippen LogP contribution in [-0.4, -0.2) is 43.8 Å². The quantitative estimate of drug-likeness (QED) is 0.646. The van der Waals surface area contributed by atoms with Crippen LogP contribution >= 0.6 is 0 Å². The molecule has 1 heterocycles. The average molecular weight is 244 g/mol. The fourth-order valence-electron chi connectivity index (χ4n) is 1.67. The third-order valence-electron chi connectivity index (χ3n) is 2.91. The van der Waals surface area contributed by atoms with E-state index in [-0.39, 0.29) is 18.4 Å². The molecule has 6 nitrogen and oxygen atoms in total. The van der Waals surface area contributed by atoms with E-state index in [4.69, 9.17) is 10.5 Å². The fraction of sp³-hybridized carbons (Fsp3) is 0.818. The van der Waals surface area contributed by atoms with Gasteiger partial charge in [-0.2, -0.15) is 0 Å². The molecular weight excluding hydrogens is 224 g/mol. The monoisotopic (exact) mass is 244 g/mol. The number of hydrogen-bond donors (Lipinski definition) is 2. The van der Waals surface area contributed by atoms with E-state index < -0.39 is 17.6 Å². The summed E-state index contributed by atoms with van der Waals surface area (Å²) in [6.07, 6.45) is 0.463. The normalized spacial score (nSPS) is 25.7. The molecule has 0 aromatic rings. The molecule has 17 heavy (non-hydrogen) atoms. The van der Waals surface area contributed by atoms with Crippen LogP contribution < -0.4 is 11.1 Å². The average Bonchev–Trinajstić information content (AvgIpc) is 2.72. The number of nitrogens with one attached hydrogen (secondary N) is 1. The van der Waals surface area contributed by atoms with Crippen LogP contribution in [0.15, 0.2) is 0 Å². The summed E-state index contributed by atoms with van der Waals surface area (Å²) in [6, 6.07) is -0.673. The van der Waals surface area contributed by atoms with Crippen LogP contribution in [0.5, 0.6) is 0 Å². The Morgan fingerprint density at radius 2 is 2.12 bits per heavy atom. The highest BCUT2D eigenvalue weighted by Crippen LogP contribution is 2.16. The molecule has 0 radical (unpaired) electrons. The summed E-state index contributed by atoms with van der Waals surface area (Å²) >= 11 is 0. The SMILES string of the molecule is COC(=O)C(NC(=O)C1(N)CCOC1)C(C)C. The molecule has 0 saturated carbocycles. The van der Waals surface area contributed by atoms with Crippen LogP contribution in [0.4, 0.5) is 0 Å². The minimum atomic E-state index is -1.03. The number of nitrogens with two attached hydrogens (primary N) is 1. The zero-order chi connectivity index (χ0) is 13.1. The molecule has 0 bridgehead atoms. The Morgan fingerprint density at radius 3 is 2.53 bits per heavy atom. The molecule has 1 aliphatic heterocycles. The molecule has 3 N–H and O–H groups in total. The van der Waals surface area contributed by atoms with Gasteiger partial charge < -0.3 is 20.5 Å². The van der Waals surface area contributed by atoms with Gasteiger partial charge in [-0.1, -0.05) is 13.8 Å². The molecule has 98 valence electrons. The first-order valence-corrected chi connectivity index (χ1v) is 5.66. The van der Waals surface area contributed by atoms with Crippen molar-refractivity contribution in [3.8, 4) is 0 Å². The van der Waals surface area contributed by atoms with E-state index in [0.29, 0.717) is 13.0 Å². The Balaban J connectivity index is 2.67. The molecule has 2 atom stereocenters. The summed E-state index contributed by atoms with van der Waals surface area (Å²) in [4.78, 5) is 23.5. The first kappa shape index (κ1) is 13.9. The molecule has 1 fully saturated rings. The van der Waals surface area contributed by atoms with E-state index in [1.54, 1.807) is 0 Å². The molecule has 0 aliphatic carbocycles. The summed E-state index contributed by atoms with van der Waals surface area (Å²) in [6.45, 7) is 4.31. The maximum absolute atomic E-state index is 12.0. The van der Waals surface area contributed by atoms with Crippen molar-refractivity contribution in [2.45, 2.75) is 31.8 Å². The second-order valence-corrected chi connectivity index (χ2v) is 4.68. The number of esters is 1. The molecule has 0 aromatic carbocycles. The molecule has 1 rings (SSSR count). The number of rotatable bonds is 4. The number of hydrogen-bond acceptors (Lipinski definition) is 5. The standard InChI is InChI=1S/C11H20N2O4/c1-7(2)8(9(14)16-3)13-10(15)11(12)4-5-17-6-11/h7-8H,4-6,12H2,1-3H3,(H,13,15). The minimum Gasteiger partial charge on any atom is -0.467 e. The van der Waals surface area contributed by atoms with Crippen molar-refractivity contribution >= 4 is 11.9 Å². The molecule has 0 aromatic heterocycles. The Morgan fingerprint density at radius 1 is 1.47 bits per heavy atom. The Labute approximate surface area is 101 Å². The first-order chi connectivity index (χ1) is 7.90. The lowest BCUT2D eigenvalue weighted by Crippen LogP contribution is -2.59. The van der Waals surface area contributed by atoms with Gasteiger partial charge in [-0.05, 0) is 12.3 Å². The van der Waals surface area contributed by atoms with Gasteiger partial charge in [-0.25, -0.2) is 4.79 Å². The van der Waals surface area contributed by atoms with E-state index >= 15 is 0 Å². The summed E-state index contributed by atoms with van der Waals surface area (Å²) in [5, 5.41) is 2.63. The first-order valence-electron chi connectivity index (χ1n) is 5.66. The third-order valence-corrected chi connectivity index (χ3v) is 2.91.